The summed E-state index contributed by atoms with van der Waals surface area (Å²) in [6, 6.07) is 14.9. The van der Waals surface area contributed by atoms with Crippen molar-refractivity contribution in [3.8, 4) is 0 Å². The molecule has 4 nitrogen and oxygen atoms in total. The van der Waals surface area contributed by atoms with Crippen LogP contribution in [0.2, 0.25) is 0 Å². The van der Waals surface area contributed by atoms with Crippen LogP contribution in [0.3, 0.4) is 0 Å². The van der Waals surface area contributed by atoms with E-state index in [0.29, 0.717) is 5.92 Å². The Bertz CT molecular complexity index is 995. The molecule has 0 saturated heterocycles. The second kappa shape index (κ2) is 7.82. The van der Waals surface area contributed by atoms with Crippen LogP contribution in [0, 0.1) is 5.41 Å². The Labute approximate surface area is 178 Å². The van der Waals surface area contributed by atoms with E-state index in [1.807, 2.05) is 24.5 Å². The van der Waals surface area contributed by atoms with E-state index in [1.165, 1.54) is 23.1 Å². The van der Waals surface area contributed by atoms with Crippen molar-refractivity contribution >= 4 is 11.6 Å². The lowest BCUT2D eigenvalue weighted by atomic mass is 9.71. The molecule has 3 aliphatic rings. The van der Waals surface area contributed by atoms with Crippen molar-refractivity contribution in [3.05, 3.63) is 77.1 Å². The molecule has 1 aromatic heterocycles. The molecule has 1 saturated carbocycles. The van der Waals surface area contributed by atoms with Crippen LogP contribution in [-0.2, 0) is 4.79 Å². The summed E-state index contributed by atoms with van der Waals surface area (Å²) in [7, 11) is 0. The molecule has 2 aromatic rings. The molecule has 5 rings (SSSR count). The van der Waals surface area contributed by atoms with Gasteiger partial charge in [0.2, 0.25) is 5.91 Å². The van der Waals surface area contributed by atoms with Gasteiger partial charge in [0.05, 0.1) is 17.7 Å². The van der Waals surface area contributed by atoms with Crippen molar-refractivity contribution < 1.29 is 4.79 Å². The Morgan fingerprint density at radius 1 is 1.10 bits per heavy atom. The number of allylic oxidation sites excluding steroid dienone is 1. The summed E-state index contributed by atoms with van der Waals surface area (Å²) in [6.45, 7) is 2.92. The summed E-state index contributed by atoms with van der Waals surface area (Å²) >= 11 is 0. The lowest BCUT2D eigenvalue weighted by molar-refractivity contribution is -0.131. The highest BCUT2D eigenvalue weighted by Crippen LogP contribution is 2.44. The highest BCUT2D eigenvalue weighted by molar-refractivity contribution is 6.15. The molecule has 154 valence electrons. The van der Waals surface area contributed by atoms with Gasteiger partial charge in [-0.05, 0) is 60.9 Å². The maximum atomic E-state index is 13.5. The minimum absolute atomic E-state index is 0.211. The quantitative estimate of drug-likeness (QED) is 0.801. The number of nitrogens with zero attached hydrogens (tertiary/aromatic N) is 2. The number of hydrogen-bond acceptors (Lipinski definition) is 3. The van der Waals surface area contributed by atoms with Crippen LogP contribution < -0.4 is 5.32 Å². The van der Waals surface area contributed by atoms with Crippen LogP contribution in [0.25, 0.3) is 0 Å². The Balaban J connectivity index is 1.32. The zero-order valence-corrected chi connectivity index (χ0v) is 17.6. The van der Waals surface area contributed by atoms with E-state index < -0.39 is 0 Å². The van der Waals surface area contributed by atoms with Gasteiger partial charge in [0.25, 0.3) is 0 Å². The predicted octanol–water partition coefficient (Wildman–Crippen LogP) is 4.82. The largest absolute Gasteiger partial charge is 0.352 e. The molecule has 2 aliphatic carbocycles. The Morgan fingerprint density at radius 2 is 1.90 bits per heavy atom. The summed E-state index contributed by atoms with van der Waals surface area (Å²) in [5.41, 5.74) is 5.85. The minimum atomic E-state index is -0.374. The van der Waals surface area contributed by atoms with E-state index in [0.717, 1.165) is 49.9 Å². The van der Waals surface area contributed by atoms with Crippen molar-refractivity contribution in [2.75, 3.05) is 6.54 Å². The molecule has 1 unspecified atom stereocenters. The first-order chi connectivity index (χ1) is 14.6. The molecule has 2 heterocycles. The Hall–Kier alpha value is -2.75. The zero-order chi connectivity index (χ0) is 20.6. The molecule has 0 bridgehead atoms. The average Bonchev–Trinajstić information content (AvgIpc) is 3.41. The number of aromatic nitrogens is 1. The Kier molecular flexibility index (Phi) is 5.01. The summed E-state index contributed by atoms with van der Waals surface area (Å²) in [5, 5.41) is 3.46. The van der Waals surface area contributed by atoms with Gasteiger partial charge in [-0.2, -0.15) is 0 Å². The summed E-state index contributed by atoms with van der Waals surface area (Å²) in [4.78, 5) is 22.4. The lowest BCUT2D eigenvalue weighted by Gasteiger charge is -2.35. The van der Waals surface area contributed by atoms with Gasteiger partial charge in [0.1, 0.15) is 0 Å². The maximum absolute atomic E-state index is 13.5. The second-order valence-corrected chi connectivity index (χ2v) is 9.25. The van der Waals surface area contributed by atoms with E-state index in [4.69, 9.17) is 4.99 Å². The van der Waals surface area contributed by atoms with Crippen LogP contribution in [0.15, 0.2) is 71.0 Å². The number of hydrogen-bond donors (Lipinski definition) is 1. The van der Waals surface area contributed by atoms with Crippen molar-refractivity contribution in [2.24, 2.45) is 10.4 Å². The first kappa shape index (κ1) is 19.2. The van der Waals surface area contributed by atoms with Crippen LogP contribution in [0.4, 0.5) is 0 Å². The van der Waals surface area contributed by atoms with E-state index in [9.17, 15) is 4.79 Å². The monoisotopic (exact) mass is 399 g/mol. The summed E-state index contributed by atoms with van der Waals surface area (Å²) in [6.07, 6.45) is 9.67. The number of nitrogens with one attached hydrogen (secondary N) is 1. The Morgan fingerprint density at radius 3 is 2.70 bits per heavy atom. The normalized spacial score (nSPS) is 28.2. The van der Waals surface area contributed by atoms with E-state index in [-0.39, 0.29) is 17.4 Å². The third kappa shape index (κ3) is 3.49. The van der Waals surface area contributed by atoms with Gasteiger partial charge in [0.15, 0.2) is 0 Å². The first-order valence-corrected chi connectivity index (χ1v) is 11.2. The fourth-order valence-corrected chi connectivity index (χ4v) is 5.42. The van der Waals surface area contributed by atoms with Gasteiger partial charge in [-0.25, -0.2) is 0 Å². The van der Waals surface area contributed by atoms with E-state index >= 15 is 0 Å². The highest BCUT2D eigenvalue weighted by Gasteiger charge is 2.42. The van der Waals surface area contributed by atoms with Gasteiger partial charge in [-0.15, -0.1) is 0 Å². The number of pyridine rings is 1. The molecule has 0 radical (unpaired) electrons. The molecule has 1 amide bonds. The van der Waals surface area contributed by atoms with Gasteiger partial charge >= 0.3 is 0 Å². The van der Waals surface area contributed by atoms with E-state index in [2.05, 4.69) is 47.6 Å². The standard InChI is InChI=1S/C26H29N3O/c1-26(25(30)29-23-9-5-8-21(23)18-6-3-2-4-7-18)13-10-20-17-28-24(22(20)16-26)19-11-14-27-15-12-19/h2-4,6-7,11-12,14-15,21,23H,5,8-10,13,16-17H2,1H3,(H,29,30)/t21-,23+,26?/m1/s1. The molecule has 1 aromatic carbocycles. The molecular formula is C26H29N3O. The maximum Gasteiger partial charge on any atom is 0.226 e. The molecule has 1 fully saturated rings. The van der Waals surface area contributed by atoms with Crippen molar-refractivity contribution in [1.82, 2.24) is 10.3 Å². The second-order valence-electron chi connectivity index (χ2n) is 9.25. The van der Waals surface area contributed by atoms with E-state index in [1.54, 1.807) is 0 Å². The SMILES string of the molecule is CC1(C(=O)N[C@H]2CCC[C@@H]2c2ccccc2)CCC2=C(C1)C(c1ccncc1)=NC2. The average molecular weight is 400 g/mol. The van der Waals surface area contributed by atoms with Crippen LogP contribution in [0.5, 0.6) is 0 Å². The number of benzene rings is 1. The topological polar surface area (TPSA) is 54.4 Å². The fraction of sp³-hybridized carbons (Fsp3) is 0.423. The molecule has 1 aliphatic heterocycles. The number of carbonyl (C=O) groups excluding carboxylic acids is 1. The first-order valence-electron chi connectivity index (χ1n) is 11.2. The molecule has 4 heteroatoms. The molecule has 0 spiro atoms. The summed E-state index contributed by atoms with van der Waals surface area (Å²) in [5.74, 6) is 0.639. The number of rotatable bonds is 4. The smallest absolute Gasteiger partial charge is 0.226 e. The lowest BCUT2D eigenvalue weighted by Crippen LogP contribution is -2.46. The number of aliphatic imine (C=N–C) groups is 1. The highest BCUT2D eigenvalue weighted by atomic mass is 16.2. The third-order valence-electron chi connectivity index (χ3n) is 7.25. The van der Waals surface area contributed by atoms with Crippen molar-refractivity contribution in [2.45, 2.75) is 57.4 Å². The van der Waals surface area contributed by atoms with Crippen molar-refractivity contribution in [1.29, 1.82) is 0 Å². The number of amides is 1. The fourth-order valence-electron chi connectivity index (χ4n) is 5.42. The molecule has 1 N–H and O–H groups in total. The third-order valence-corrected chi connectivity index (χ3v) is 7.25. The van der Waals surface area contributed by atoms with Crippen LogP contribution >= 0.6 is 0 Å². The van der Waals surface area contributed by atoms with Gasteiger partial charge in [-0.3, -0.25) is 14.8 Å². The van der Waals surface area contributed by atoms with Crippen LogP contribution in [0.1, 0.15) is 62.5 Å². The van der Waals surface area contributed by atoms with Crippen LogP contribution in [-0.4, -0.2) is 29.2 Å². The predicted molar refractivity (Wildman–Crippen MR) is 120 cm³/mol. The van der Waals surface area contributed by atoms with Gasteiger partial charge in [-0.1, -0.05) is 43.7 Å². The molecule has 30 heavy (non-hydrogen) atoms. The van der Waals surface area contributed by atoms with Crippen molar-refractivity contribution in [3.63, 3.8) is 0 Å². The molecular weight excluding hydrogens is 370 g/mol. The minimum Gasteiger partial charge on any atom is -0.352 e. The zero-order valence-electron chi connectivity index (χ0n) is 17.6. The summed E-state index contributed by atoms with van der Waals surface area (Å²) < 4.78 is 0. The van der Waals surface area contributed by atoms with Gasteiger partial charge < -0.3 is 5.32 Å². The van der Waals surface area contributed by atoms with Gasteiger partial charge in [0, 0.05) is 29.9 Å². The number of carbonyl (C=O) groups is 1. The molecule has 3 atom stereocenters.